The van der Waals surface area contributed by atoms with Gasteiger partial charge in [0.05, 0.1) is 6.04 Å². The summed E-state index contributed by atoms with van der Waals surface area (Å²) in [5.41, 5.74) is 6.87. The number of carbonyl (C=O) groups excluding carboxylic acids is 1. The molecule has 0 aliphatic rings. The van der Waals surface area contributed by atoms with Gasteiger partial charge in [0.15, 0.2) is 0 Å². The molecule has 0 unspecified atom stereocenters. The van der Waals surface area contributed by atoms with Crippen LogP contribution >= 0.6 is 0 Å². The molecular weight excluding hydrogens is 242 g/mol. The maximum Gasteiger partial charge on any atom is 0.239 e. The number of carbonyl (C=O) groups is 1. The highest BCUT2D eigenvalue weighted by atomic mass is 16.3. The lowest BCUT2D eigenvalue weighted by molar-refractivity contribution is -0.131. The highest BCUT2D eigenvalue weighted by Crippen LogP contribution is 2.11. The van der Waals surface area contributed by atoms with Crippen molar-refractivity contribution in [3.63, 3.8) is 0 Å². The first-order valence-electron chi connectivity index (χ1n) is 6.47. The minimum absolute atomic E-state index is 0.0517. The van der Waals surface area contributed by atoms with Crippen molar-refractivity contribution in [2.75, 3.05) is 27.2 Å². The van der Waals surface area contributed by atoms with Crippen LogP contribution in [0.3, 0.4) is 0 Å². The van der Waals surface area contributed by atoms with E-state index in [0.29, 0.717) is 13.0 Å². The third-order valence-corrected chi connectivity index (χ3v) is 3.01. The maximum absolute atomic E-state index is 12.0. The number of nitrogens with two attached hydrogens (primary N) is 1. The molecule has 0 heterocycles. The van der Waals surface area contributed by atoms with Crippen LogP contribution < -0.4 is 11.1 Å². The minimum Gasteiger partial charge on any atom is -0.508 e. The zero-order chi connectivity index (χ0) is 14.3. The lowest BCUT2D eigenvalue weighted by atomic mass is 10.1. The largest absolute Gasteiger partial charge is 0.508 e. The molecule has 5 heteroatoms. The smallest absolute Gasteiger partial charge is 0.239 e. The summed E-state index contributed by atoms with van der Waals surface area (Å²) in [7, 11) is 3.66. The Kier molecular flexibility index (Phi) is 6.32. The third-order valence-electron chi connectivity index (χ3n) is 3.01. The number of phenols is 1. The van der Waals surface area contributed by atoms with E-state index >= 15 is 0 Å². The van der Waals surface area contributed by atoms with Crippen molar-refractivity contribution >= 4 is 5.91 Å². The standard InChI is InChI=1S/C14H23N3O2/c1-16-8-3-9-17(2)14(19)13(15)10-11-4-6-12(18)7-5-11/h4-7,13,16,18H,3,8-10,15H2,1-2H3/t13-/m1/s1. The summed E-state index contributed by atoms with van der Waals surface area (Å²) >= 11 is 0. The van der Waals surface area contributed by atoms with Crippen molar-refractivity contribution in [1.29, 1.82) is 0 Å². The molecular formula is C14H23N3O2. The average molecular weight is 265 g/mol. The van der Waals surface area contributed by atoms with Crippen LogP contribution in [0.25, 0.3) is 0 Å². The molecule has 0 saturated heterocycles. The van der Waals surface area contributed by atoms with Gasteiger partial charge in [-0.2, -0.15) is 0 Å². The van der Waals surface area contributed by atoms with Crippen molar-refractivity contribution in [3.8, 4) is 5.75 Å². The normalized spacial score (nSPS) is 12.2. The molecule has 0 fully saturated rings. The molecule has 0 aliphatic carbocycles. The van der Waals surface area contributed by atoms with Crippen molar-refractivity contribution in [1.82, 2.24) is 10.2 Å². The van der Waals surface area contributed by atoms with E-state index in [1.165, 1.54) is 0 Å². The van der Waals surface area contributed by atoms with Crippen LogP contribution in [0, 0.1) is 0 Å². The number of nitrogens with one attached hydrogen (secondary N) is 1. The first-order valence-corrected chi connectivity index (χ1v) is 6.47. The molecule has 4 N–H and O–H groups in total. The van der Waals surface area contributed by atoms with Gasteiger partial charge in [0, 0.05) is 13.6 Å². The first kappa shape index (κ1) is 15.5. The van der Waals surface area contributed by atoms with Crippen molar-refractivity contribution in [2.45, 2.75) is 18.9 Å². The molecule has 1 aromatic carbocycles. The number of phenolic OH excluding ortho intramolecular Hbond substituents is 1. The molecule has 0 spiro atoms. The van der Waals surface area contributed by atoms with Crippen molar-refractivity contribution in [3.05, 3.63) is 29.8 Å². The van der Waals surface area contributed by atoms with Gasteiger partial charge in [0.2, 0.25) is 5.91 Å². The van der Waals surface area contributed by atoms with Gasteiger partial charge in [-0.05, 0) is 44.1 Å². The van der Waals surface area contributed by atoms with Gasteiger partial charge >= 0.3 is 0 Å². The molecule has 0 saturated carbocycles. The highest BCUT2D eigenvalue weighted by Gasteiger charge is 2.17. The number of aromatic hydroxyl groups is 1. The second-order valence-electron chi connectivity index (χ2n) is 4.69. The lowest BCUT2D eigenvalue weighted by Crippen LogP contribution is -2.43. The number of nitrogens with zero attached hydrogens (tertiary/aromatic N) is 1. The fourth-order valence-corrected chi connectivity index (χ4v) is 1.86. The summed E-state index contributed by atoms with van der Waals surface area (Å²) in [5.74, 6) is 0.164. The van der Waals surface area contributed by atoms with Crippen LogP contribution in [-0.4, -0.2) is 49.1 Å². The molecule has 0 bridgehead atoms. The predicted molar refractivity (Wildman–Crippen MR) is 76.0 cm³/mol. The third kappa shape index (κ3) is 5.28. The summed E-state index contributed by atoms with van der Waals surface area (Å²) in [6, 6.07) is 6.23. The molecule has 1 aromatic rings. The maximum atomic E-state index is 12.0. The molecule has 0 radical (unpaired) electrons. The van der Waals surface area contributed by atoms with Gasteiger partial charge in [0.25, 0.3) is 0 Å². The summed E-state index contributed by atoms with van der Waals surface area (Å²) in [5, 5.41) is 12.2. The fraction of sp³-hybridized carbons (Fsp3) is 0.500. The second-order valence-corrected chi connectivity index (χ2v) is 4.69. The van der Waals surface area contributed by atoms with Crippen LogP contribution in [0.15, 0.2) is 24.3 Å². The molecule has 1 amide bonds. The number of benzene rings is 1. The molecule has 106 valence electrons. The fourth-order valence-electron chi connectivity index (χ4n) is 1.86. The van der Waals surface area contributed by atoms with E-state index in [4.69, 9.17) is 5.73 Å². The predicted octanol–water partition coefficient (Wildman–Crippen LogP) is 0.330. The topological polar surface area (TPSA) is 78.6 Å². The zero-order valence-corrected chi connectivity index (χ0v) is 11.6. The lowest BCUT2D eigenvalue weighted by Gasteiger charge is -2.21. The molecule has 19 heavy (non-hydrogen) atoms. The SMILES string of the molecule is CNCCCN(C)C(=O)[C@H](N)Cc1ccc(O)cc1. The van der Waals surface area contributed by atoms with E-state index in [0.717, 1.165) is 18.5 Å². The molecule has 0 aliphatic heterocycles. The first-order chi connectivity index (χ1) is 9.04. The van der Waals surface area contributed by atoms with E-state index in [9.17, 15) is 9.90 Å². The summed E-state index contributed by atoms with van der Waals surface area (Å²) in [6.07, 6.45) is 1.39. The van der Waals surface area contributed by atoms with Crippen molar-refractivity contribution in [2.24, 2.45) is 5.73 Å². The number of likely N-dealkylation sites (N-methyl/N-ethyl adjacent to an activating group) is 1. The van der Waals surface area contributed by atoms with Crippen LogP contribution in [0.2, 0.25) is 0 Å². The Morgan fingerprint density at radius 1 is 1.42 bits per heavy atom. The number of amides is 1. The quantitative estimate of drug-likeness (QED) is 0.621. The molecule has 5 nitrogen and oxygen atoms in total. The van der Waals surface area contributed by atoms with E-state index < -0.39 is 6.04 Å². The van der Waals surface area contributed by atoms with Gasteiger partial charge in [-0.15, -0.1) is 0 Å². The van der Waals surface area contributed by atoms with Crippen LogP contribution in [0.1, 0.15) is 12.0 Å². The number of hydrogen-bond acceptors (Lipinski definition) is 4. The van der Waals surface area contributed by atoms with Crippen LogP contribution in [0.4, 0.5) is 0 Å². The highest BCUT2D eigenvalue weighted by molar-refractivity contribution is 5.81. The van der Waals surface area contributed by atoms with E-state index in [1.54, 1.807) is 36.2 Å². The van der Waals surface area contributed by atoms with Crippen LogP contribution in [0.5, 0.6) is 5.75 Å². The van der Waals surface area contributed by atoms with Gasteiger partial charge in [-0.25, -0.2) is 0 Å². The minimum atomic E-state index is -0.538. The Labute approximate surface area is 114 Å². The monoisotopic (exact) mass is 265 g/mol. The molecule has 0 aromatic heterocycles. The van der Waals surface area contributed by atoms with Gasteiger partial charge in [-0.3, -0.25) is 4.79 Å². The van der Waals surface area contributed by atoms with E-state index in [2.05, 4.69) is 5.32 Å². The Morgan fingerprint density at radius 3 is 2.63 bits per heavy atom. The molecule has 1 atom stereocenters. The summed E-state index contributed by atoms with van der Waals surface area (Å²) in [4.78, 5) is 13.7. The van der Waals surface area contributed by atoms with Crippen LogP contribution in [-0.2, 0) is 11.2 Å². The summed E-state index contributed by atoms with van der Waals surface area (Å²) in [6.45, 7) is 1.58. The number of hydrogen-bond donors (Lipinski definition) is 3. The second kappa shape index (κ2) is 7.76. The zero-order valence-electron chi connectivity index (χ0n) is 11.6. The van der Waals surface area contributed by atoms with Gasteiger partial charge in [0.1, 0.15) is 5.75 Å². The van der Waals surface area contributed by atoms with Crippen molar-refractivity contribution < 1.29 is 9.90 Å². The van der Waals surface area contributed by atoms with E-state index in [1.807, 2.05) is 7.05 Å². The Hall–Kier alpha value is -1.59. The molecule has 1 rings (SSSR count). The van der Waals surface area contributed by atoms with Gasteiger partial charge < -0.3 is 21.1 Å². The van der Waals surface area contributed by atoms with Gasteiger partial charge in [-0.1, -0.05) is 12.1 Å². The number of rotatable bonds is 7. The Balaban J connectivity index is 2.45. The Morgan fingerprint density at radius 2 is 2.05 bits per heavy atom. The van der Waals surface area contributed by atoms with E-state index in [-0.39, 0.29) is 11.7 Å². The average Bonchev–Trinajstić information content (AvgIpc) is 2.40. The Bertz CT molecular complexity index is 392. The summed E-state index contributed by atoms with van der Waals surface area (Å²) < 4.78 is 0.